The predicted octanol–water partition coefficient (Wildman–Crippen LogP) is 6.90. The van der Waals surface area contributed by atoms with Crippen LogP contribution < -0.4 is 0 Å². The Balaban J connectivity index is 2.58. The van der Waals surface area contributed by atoms with E-state index in [0.717, 1.165) is 30.4 Å². The van der Waals surface area contributed by atoms with Crippen molar-refractivity contribution >= 4 is 13.9 Å². The van der Waals surface area contributed by atoms with Gasteiger partial charge in [-0.1, -0.05) is 76.4 Å². The molecule has 0 N–H and O–H groups in total. The number of hydrogen-bond donors (Lipinski definition) is 0. The summed E-state index contributed by atoms with van der Waals surface area (Å²) in [6.07, 6.45) is 6.75. The molecule has 0 bridgehead atoms. The maximum atomic E-state index is 9.27. The summed E-state index contributed by atoms with van der Waals surface area (Å²) in [5.41, 5.74) is 2.69. The van der Waals surface area contributed by atoms with E-state index in [-0.39, 0.29) is 11.1 Å². The molecule has 0 saturated heterocycles. The average molecular weight is 368 g/mol. The number of unbranched alkanes of at least 4 members (excludes halogenated alkanes) is 1. The molecule has 0 radical (unpaired) electrons. The van der Waals surface area contributed by atoms with Gasteiger partial charge in [-0.15, -0.1) is 0 Å². The Bertz CT molecular complexity index is 674. The molecule has 1 aromatic rings. The third-order valence-corrected chi connectivity index (χ3v) is 9.56. The maximum absolute atomic E-state index is 9.27. The largest absolute Gasteiger partial charge is 0.409 e. The Morgan fingerprint density at radius 3 is 2.38 bits per heavy atom. The van der Waals surface area contributed by atoms with Gasteiger partial charge in [0.15, 0.2) is 8.32 Å². The second kappa shape index (κ2) is 9.71. The fourth-order valence-electron chi connectivity index (χ4n) is 2.30. The number of hydrogen-bond acceptors (Lipinski definition) is 2. The van der Waals surface area contributed by atoms with E-state index in [1.54, 1.807) is 0 Å². The van der Waals surface area contributed by atoms with Crippen LogP contribution in [0, 0.1) is 11.3 Å². The van der Waals surface area contributed by atoms with E-state index in [9.17, 15) is 5.26 Å². The molecule has 3 heteroatoms. The molecule has 0 fully saturated rings. The number of allylic oxidation sites excluding steroid dienone is 3. The number of benzene rings is 1. The van der Waals surface area contributed by atoms with Crippen molar-refractivity contribution in [2.45, 2.75) is 64.3 Å². The summed E-state index contributed by atoms with van der Waals surface area (Å²) in [5, 5.41) is 9.39. The van der Waals surface area contributed by atoms with Crippen LogP contribution in [0.25, 0.3) is 5.57 Å². The van der Waals surface area contributed by atoms with E-state index < -0.39 is 8.32 Å². The highest BCUT2D eigenvalue weighted by molar-refractivity contribution is 6.74. The normalized spacial score (nSPS) is 13.4. The Morgan fingerprint density at radius 1 is 1.23 bits per heavy atom. The van der Waals surface area contributed by atoms with E-state index in [1.807, 2.05) is 18.2 Å². The van der Waals surface area contributed by atoms with Crippen molar-refractivity contribution in [1.29, 1.82) is 5.26 Å². The zero-order valence-corrected chi connectivity index (χ0v) is 18.0. The van der Waals surface area contributed by atoms with Crippen molar-refractivity contribution in [1.82, 2.24) is 0 Å². The minimum absolute atomic E-state index is 0.119. The summed E-state index contributed by atoms with van der Waals surface area (Å²) in [4.78, 5) is 0. The maximum Gasteiger partial charge on any atom is 0.192 e. The summed E-state index contributed by atoms with van der Waals surface area (Å²) in [6.45, 7) is 19.1. The summed E-state index contributed by atoms with van der Waals surface area (Å²) in [5.74, 6) is 0. The molecule has 1 atom stereocenters. The summed E-state index contributed by atoms with van der Waals surface area (Å²) in [7, 11) is -1.92. The van der Waals surface area contributed by atoms with Crippen LogP contribution in [-0.2, 0) is 4.43 Å². The Kier molecular flexibility index (Phi) is 8.27. The molecule has 140 valence electrons. The van der Waals surface area contributed by atoms with Crippen LogP contribution in [0.5, 0.6) is 0 Å². The third-order valence-electron chi connectivity index (χ3n) is 5.08. The molecule has 0 spiro atoms. The lowest BCUT2D eigenvalue weighted by molar-refractivity contribution is 0.206. The van der Waals surface area contributed by atoms with Gasteiger partial charge in [0.05, 0.1) is 12.2 Å². The van der Waals surface area contributed by atoms with Gasteiger partial charge >= 0.3 is 0 Å². The zero-order valence-electron chi connectivity index (χ0n) is 17.0. The van der Waals surface area contributed by atoms with E-state index >= 15 is 0 Å². The van der Waals surface area contributed by atoms with Gasteiger partial charge < -0.3 is 4.43 Å². The monoisotopic (exact) mass is 367 g/mol. The van der Waals surface area contributed by atoms with Crippen molar-refractivity contribution in [3.63, 3.8) is 0 Å². The molecule has 0 saturated carbocycles. The molecule has 1 aromatic carbocycles. The highest BCUT2D eigenvalue weighted by Gasteiger charge is 2.39. The first-order chi connectivity index (χ1) is 12.1. The van der Waals surface area contributed by atoms with Gasteiger partial charge in [0, 0.05) is 5.57 Å². The lowest BCUT2D eigenvalue weighted by Gasteiger charge is -2.39. The van der Waals surface area contributed by atoms with E-state index in [2.05, 4.69) is 77.4 Å². The Hall–Kier alpha value is -1.89. The van der Waals surface area contributed by atoms with Crippen molar-refractivity contribution in [2.75, 3.05) is 0 Å². The highest BCUT2D eigenvalue weighted by atomic mass is 28.4. The van der Waals surface area contributed by atoms with Crippen LogP contribution in [-0.4, -0.2) is 14.4 Å². The molecule has 0 amide bonds. The molecular weight excluding hydrogens is 334 g/mol. The standard InChI is InChI=1S/C23H33NOSi/c1-19(21-15-11-9-12-16-21)14-10-8-13-17-22(20(2)18-24)25-26(6,7)23(3,4)5/h9-12,14-16,22H,1-2,8,13,17H2,3-7H3/b14-10+. The molecule has 1 unspecified atom stereocenters. The summed E-state index contributed by atoms with van der Waals surface area (Å²) >= 11 is 0. The molecule has 26 heavy (non-hydrogen) atoms. The van der Waals surface area contributed by atoms with E-state index in [4.69, 9.17) is 4.43 Å². The van der Waals surface area contributed by atoms with E-state index in [0.29, 0.717) is 5.57 Å². The summed E-state index contributed by atoms with van der Waals surface area (Å²) < 4.78 is 6.43. The molecule has 0 heterocycles. The number of nitriles is 1. The first kappa shape index (κ1) is 22.1. The molecule has 0 aliphatic heterocycles. The molecule has 0 aromatic heterocycles. The SMILES string of the molecule is C=C(/C=C/CCCC(O[Si](C)(C)C(C)(C)C)C(=C)C#N)c1ccccc1. The van der Waals surface area contributed by atoms with Gasteiger partial charge in [0.2, 0.25) is 0 Å². The smallest absolute Gasteiger partial charge is 0.192 e. The average Bonchev–Trinajstić information content (AvgIpc) is 2.59. The molecular formula is C23H33NOSi. The topological polar surface area (TPSA) is 33.0 Å². The lowest BCUT2D eigenvalue weighted by Crippen LogP contribution is -2.44. The molecule has 0 aliphatic carbocycles. The van der Waals surface area contributed by atoms with Crippen LogP contribution in [0.3, 0.4) is 0 Å². The van der Waals surface area contributed by atoms with Gasteiger partial charge in [-0.25, -0.2) is 0 Å². The van der Waals surface area contributed by atoms with Gasteiger partial charge in [0.1, 0.15) is 0 Å². The van der Waals surface area contributed by atoms with Crippen LogP contribution in [0.2, 0.25) is 18.1 Å². The minimum atomic E-state index is -1.92. The highest BCUT2D eigenvalue weighted by Crippen LogP contribution is 2.38. The van der Waals surface area contributed by atoms with Crippen molar-refractivity contribution < 1.29 is 4.43 Å². The number of nitrogens with zero attached hydrogens (tertiary/aromatic N) is 1. The van der Waals surface area contributed by atoms with Gasteiger partial charge in [-0.3, -0.25) is 0 Å². The lowest BCUT2D eigenvalue weighted by atomic mass is 10.0. The van der Waals surface area contributed by atoms with E-state index in [1.165, 1.54) is 0 Å². The van der Waals surface area contributed by atoms with Crippen LogP contribution in [0.15, 0.2) is 61.2 Å². The van der Waals surface area contributed by atoms with Crippen molar-refractivity contribution in [2.24, 2.45) is 0 Å². The van der Waals surface area contributed by atoms with Gasteiger partial charge in [0.25, 0.3) is 0 Å². The fraction of sp³-hybridized carbons (Fsp3) is 0.435. The predicted molar refractivity (Wildman–Crippen MR) is 115 cm³/mol. The van der Waals surface area contributed by atoms with Crippen LogP contribution in [0.1, 0.15) is 45.6 Å². The second-order valence-corrected chi connectivity index (χ2v) is 13.0. The second-order valence-electron chi connectivity index (χ2n) is 8.23. The van der Waals surface area contributed by atoms with Crippen LogP contribution >= 0.6 is 0 Å². The summed E-state index contributed by atoms with van der Waals surface area (Å²) in [6, 6.07) is 12.4. The third kappa shape index (κ3) is 6.78. The fourth-order valence-corrected chi connectivity index (χ4v) is 3.63. The van der Waals surface area contributed by atoms with Crippen LogP contribution in [0.4, 0.5) is 0 Å². The quantitative estimate of drug-likeness (QED) is 0.206. The van der Waals surface area contributed by atoms with Crippen molar-refractivity contribution in [3.05, 3.63) is 66.8 Å². The zero-order chi connectivity index (χ0) is 19.8. The Labute approximate surface area is 161 Å². The molecule has 1 rings (SSSR count). The Morgan fingerprint density at radius 2 is 1.85 bits per heavy atom. The molecule has 2 nitrogen and oxygen atoms in total. The van der Waals surface area contributed by atoms with Crippen molar-refractivity contribution in [3.8, 4) is 6.07 Å². The first-order valence-electron chi connectivity index (χ1n) is 9.26. The van der Waals surface area contributed by atoms with Gasteiger partial charge in [-0.05, 0) is 48.5 Å². The molecule has 0 aliphatic rings. The van der Waals surface area contributed by atoms with Gasteiger partial charge in [-0.2, -0.15) is 5.26 Å². The number of rotatable bonds is 9. The first-order valence-corrected chi connectivity index (χ1v) is 12.2. The minimum Gasteiger partial charge on any atom is -0.409 e.